The Morgan fingerprint density at radius 1 is 1.00 bits per heavy atom. The van der Waals surface area contributed by atoms with Gasteiger partial charge in [-0.1, -0.05) is 56.8 Å². The Bertz CT molecular complexity index is 1810. The molecule has 6 rings (SSSR count). The van der Waals surface area contributed by atoms with Crippen LogP contribution in [0.25, 0.3) is 32.9 Å². The van der Waals surface area contributed by atoms with Crippen molar-refractivity contribution in [2.75, 3.05) is 24.2 Å². The number of nitrogens with zero attached hydrogens (tertiary/aromatic N) is 5. The third kappa shape index (κ3) is 6.03. The number of fused-ring (bicyclic) bond motifs is 4. The number of aromatic nitrogens is 3. The topological polar surface area (TPSA) is 80.7 Å². The highest BCUT2D eigenvalue weighted by Gasteiger charge is 2.45. The molecule has 2 aliphatic heterocycles. The number of carbonyl (C=O) groups is 1. The first-order valence-electron chi connectivity index (χ1n) is 15.9. The molecular formula is C35H44FN5O3SSi. The first-order chi connectivity index (χ1) is 21.6. The molecule has 2 fully saturated rings. The Morgan fingerprint density at radius 3 is 2.30 bits per heavy atom. The number of amides is 1. The molecule has 2 aromatic heterocycles. The molecule has 244 valence electrons. The Morgan fingerprint density at radius 2 is 1.67 bits per heavy atom. The summed E-state index contributed by atoms with van der Waals surface area (Å²) in [5.74, 6) is 0.877. The number of benzene rings is 2. The van der Waals surface area contributed by atoms with E-state index in [9.17, 15) is 4.79 Å². The molecule has 2 saturated heterocycles. The van der Waals surface area contributed by atoms with Crippen molar-refractivity contribution in [3.05, 3.63) is 48.4 Å². The minimum Gasteiger partial charge on any atom is -0.543 e. The fourth-order valence-corrected chi connectivity index (χ4v) is 7.59. The van der Waals surface area contributed by atoms with E-state index >= 15 is 4.39 Å². The summed E-state index contributed by atoms with van der Waals surface area (Å²) < 4.78 is 29.2. The van der Waals surface area contributed by atoms with E-state index in [1.54, 1.807) is 6.20 Å². The number of pyridine rings is 1. The van der Waals surface area contributed by atoms with Gasteiger partial charge in [0.15, 0.2) is 11.0 Å². The van der Waals surface area contributed by atoms with Gasteiger partial charge in [0.05, 0.1) is 17.5 Å². The maximum absolute atomic E-state index is 16.8. The molecule has 46 heavy (non-hydrogen) atoms. The van der Waals surface area contributed by atoms with E-state index in [0.717, 1.165) is 23.6 Å². The highest BCUT2D eigenvalue weighted by atomic mass is 32.2. The second-order valence-electron chi connectivity index (χ2n) is 14.9. The number of anilines is 1. The van der Waals surface area contributed by atoms with E-state index < -0.39 is 19.7 Å². The molecule has 0 spiro atoms. The fourth-order valence-electron chi connectivity index (χ4n) is 6.22. The zero-order valence-electron chi connectivity index (χ0n) is 28.3. The van der Waals surface area contributed by atoms with E-state index in [-0.39, 0.29) is 34.4 Å². The first kappa shape index (κ1) is 32.5. The zero-order valence-corrected chi connectivity index (χ0v) is 30.1. The predicted octanol–water partition coefficient (Wildman–Crippen LogP) is 8.68. The molecule has 11 heteroatoms. The Balaban J connectivity index is 1.42. The zero-order chi connectivity index (χ0) is 33.2. The molecule has 4 heterocycles. The average molecular weight is 662 g/mol. The number of carbonyl (C=O) groups excluding carboxylic acids is 1. The van der Waals surface area contributed by atoms with Gasteiger partial charge in [-0.3, -0.25) is 9.88 Å². The summed E-state index contributed by atoms with van der Waals surface area (Å²) in [6, 6.07) is 11.9. The number of hydrogen-bond donors (Lipinski definition) is 0. The van der Waals surface area contributed by atoms with Crippen molar-refractivity contribution >= 4 is 53.7 Å². The van der Waals surface area contributed by atoms with E-state index in [0.29, 0.717) is 40.8 Å². The lowest BCUT2D eigenvalue weighted by Crippen LogP contribution is -2.57. The van der Waals surface area contributed by atoms with Crippen LogP contribution in [0.5, 0.6) is 5.75 Å². The molecule has 1 amide bonds. The van der Waals surface area contributed by atoms with Crippen molar-refractivity contribution in [3.63, 3.8) is 0 Å². The van der Waals surface area contributed by atoms with E-state index in [1.807, 2.05) is 68.3 Å². The quantitative estimate of drug-likeness (QED) is 0.119. The number of thioether (sulfide) groups is 1. The van der Waals surface area contributed by atoms with Crippen LogP contribution in [0.3, 0.4) is 0 Å². The molecule has 0 aliphatic carbocycles. The van der Waals surface area contributed by atoms with Crippen LogP contribution in [0.1, 0.15) is 54.4 Å². The highest BCUT2D eigenvalue weighted by Crippen LogP contribution is 2.42. The largest absolute Gasteiger partial charge is 0.543 e. The molecule has 8 nitrogen and oxygen atoms in total. The van der Waals surface area contributed by atoms with Crippen molar-refractivity contribution in [2.24, 2.45) is 0 Å². The fraction of sp³-hybridized carbons (Fsp3) is 0.486. The van der Waals surface area contributed by atoms with Crippen molar-refractivity contribution in [1.29, 1.82) is 0 Å². The molecule has 0 unspecified atom stereocenters. The van der Waals surface area contributed by atoms with E-state index in [4.69, 9.17) is 19.1 Å². The Labute approximate surface area is 276 Å². The van der Waals surface area contributed by atoms with Gasteiger partial charge in [0, 0.05) is 24.8 Å². The minimum atomic E-state index is -2.16. The van der Waals surface area contributed by atoms with Crippen LogP contribution in [-0.4, -0.2) is 71.3 Å². The third-order valence-corrected chi connectivity index (χ3v) is 14.4. The summed E-state index contributed by atoms with van der Waals surface area (Å²) in [6.07, 6.45) is 5.09. The molecule has 0 N–H and O–H groups in total. The van der Waals surface area contributed by atoms with Crippen LogP contribution >= 0.6 is 11.8 Å². The third-order valence-electron chi connectivity index (χ3n) is 9.48. The maximum Gasteiger partial charge on any atom is 0.410 e. The molecular weight excluding hydrogens is 618 g/mol. The van der Waals surface area contributed by atoms with Crippen LogP contribution in [0.15, 0.2) is 47.8 Å². The van der Waals surface area contributed by atoms with Gasteiger partial charge in [-0.25, -0.2) is 19.2 Å². The summed E-state index contributed by atoms with van der Waals surface area (Å²) in [7, 11) is -2.16. The average Bonchev–Trinajstić information content (AvgIpc) is 3.24. The Kier molecular flexibility index (Phi) is 8.24. The lowest BCUT2D eigenvalue weighted by molar-refractivity contribution is 0.0123. The number of ether oxygens (including phenoxy) is 1. The van der Waals surface area contributed by atoms with Crippen LogP contribution in [-0.2, 0) is 4.74 Å². The van der Waals surface area contributed by atoms with Gasteiger partial charge in [-0.2, -0.15) is 0 Å². The second-order valence-corrected chi connectivity index (χ2v) is 20.4. The van der Waals surface area contributed by atoms with Gasteiger partial charge in [0.1, 0.15) is 28.4 Å². The van der Waals surface area contributed by atoms with Gasteiger partial charge in [-0.05, 0) is 80.9 Å². The van der Waals surface area contributed by atoms with E-state index in [2.05, 4.69) is 43.7 Å². The van der Waals surface area contributed by atoms with Crippen molar-refractivity contribution in [1.82, 2.24) is 19.9 Å². The van der Waals surface area contributed by atoms with Crippen molar-refractivity contribution in [3.8, 4) is 17.0 Å². The van der Waals surface area contributed by atoms with Crippen LogP contribution in [0, 0.1) is 5.82 Å². The summed E-state index contributed by atoms with van der Waals surface area (Å²) in [6.45, 7) is 17.8. The number of rotatable bonds is 5. The second kappa shape index (κ2) is 11.7. The first-order valence-corrected chi connectivity index (χ1v) is 20.1. The Hall–Kier alpha value is -3.44. The van der Waals surface area contributed by atoms with Gasteiger partial charge >= 0.3 is 6.09 Å². The summed E-state index contributed by atoms with van der Waals surface area (Å²) in [5, 5.41) is 2.90. The minimum absolute atomic E-state index is 0.00462. The summed E-state index contributed by atoms with van der Waals surface area (Å²) in [5.41, 5.74) is 0.574. The summed E-state index contributed by atoms with van der Waals surface area (Å²) >= 11 is 1.38. The van der Waals surface area contributed by atoms with Crippen LogP contribution in [0.4, 0.5) is 15.0 Å². The SMILES string of the molecule is CSc1nc(N2C[C@H]3CC[C@@H](C2)N3C(=O)OC(C)(C)C)c2cnc(-c3cc(O[Si](C)(C)C(C)(C)C)cc4ccccc34)c(F)c2n1. The van der Waals surface area contributed by atoms with Crippen molar-refractivity contribution < 1.29 is 18.3 Å². The highest BCUT2D eigenvalue weighted by molar-refractivity contribution is 7.98. The molecule has 0 radical (unpaired) electrons. The smallest absolute Gasteiger partial charge is 0.410 e. The van der Waals surface area contributed by atoms with Crippen molar-refractivity contribution in [2.45, 2.75) is 95.4 Å². The molecule has 2 aliphatic rings. The monoisotopic (exact) mass is 661 g/mol. The number of piperazine rings is 1. The van der Waals surface area contributed by atoms with Crippen LogP contribution in [0.2, 0.25) is 18.1 Å². The lowest BCUT2D eigenvalue weighted by Gasteiger charge is -2.42. The molecule has 2 bridgehead atoms. The molecule has 4 aromatic rings. The normalized spacial score (nSPS) is 18.8. The predicted molar refractivity (Wildman–Crippen MR) is 187 cm³/mol. The maximum atomic E-state index is 16.8. The lowest BCUT2D eigenvalue weighted by atomic mass is 10.00. The molecule has 2 aromatic carbocycles. The van der Waals surface area contributed by atoms with Crippen LogP contribution < -0.4 is 9.33 Å². The van der Waals surface area contributed by atoms with Gasteiger partial charge in [0.2, 0.25) is 8.32 Å². The summed E-state index contributed by atoms with van der Waals surface area (Å²) in [4.78, 5) is 31.4. The number of halogens is 1. The van der Waals surface area contributed by atoms with Gasteiger partial charge in [-0.15, -0.1) is 0 Å². The molecule has 0 saturated carbocycles. The van der Waals surface area contributed by atoms with E-state index in [1.165, 1.54) is 11.8 Å². The van der Waals surface area contributed by atoms with Gasteiger partial charge in [0.25, 0.3) is 0 Å². The molecule has 2 atom stereocenters. The van der Waals surface area contributed by atoms with Gasteiger partial charge < -0.3 is 14.1 Å². The standard InChI is InChI=1S/C35H44FN5O3SSi/c1-34(2,3)43-33(42)41-22-14-15-23(41)20-40(19-22)31-27-18-37-29(28(36)30(27)38-32(39-31)45-7)26-17-24(44-46(8,9)35(4,5)6)16-21-12-10-11-13-25(21)26/h10-13,16-18,22-23H,14-15,19-20H2,1-9H3/t22-,23+. The number of hydrogen-bond acceptors (Lipinski definition) is 8.